The zero-order valence-electron chi connectivity index (χ0n) is 10.4. The summed E-state index contributed by atoms with van der Waals surface area (Å²) in [4.78, 5) is 23.0. The van der Waals surface area contributed by atoms with Gasteiger partial charge in [0, 0.05) is 23.5 Å². The van der Waals surface area contributed by atoms with Crippen LogP contribution >= 0.6 is 0 Å². The molecule has 0 bridgehead atoms. The SMILES string of the molecule is C=C1C(=O)Oc2c(OC)cccc2C1CC(C)=O. The number of rotatable bonds is 3. The fourth-order valence-electron chi connectivity index (χ4n) is 2.09. The predicted molar refractivity (Wildman–Crippen MR) is 65.8 cm³/mol. The number of Topliss-reactive ketones (excluding diaryl/α,β-unsaturated/α-hetero) is 1. The zero-order chi connectivity index (χ0) is 13.3. The number of ether oxygens (including phenoxy) is 2. The van der Waals surface area contributed by atoms with Crippen LogP contribution in [0.15, 0.2) is 30.4 Å². The molecular formula is C14H14O4. The molecule has 0 saturated carbocycles. The van der Waals surface area contributed by atoms with Crippen LogP contribution in [0.3, 0.4) is 0 Å². The van der Waals surface area contributed by atoms with E-state index in [1.807, 2.05) is 6.07 Å². The molecule has 1 heterocycles. The Morgan fingerprint density at radius 1 is 1.50 bits per heavy atom. The molecule has 94 valence electrons. The molecule has 0 amide bonds. The van der Waals surface area contributed by atoms with Crippen LogP contribution in [-0.4, -0.2) is 18.9 Å². The lowest BCUT2D eigenvalue weighted by atomic mass is 9.85. The first-order chi connectivity index (χ1) is 8.54. The fraction of sp³-hybridized carbons (Fsp3) is 0.286. The van der Waals surface area contributed by atoms with E-state index in [0.717, 1.165) is 5.56 Å². The van der Waals surface area contributed by atoms with Gasteiger partial charge in [0.1, 0.15) is 5.78 Å². The van der Waals surface area contributed by atoms with Gasteiger partial charge in [-0.05, 0) is 13.0 Å². The monoisotopic (exact) mass is 246 g/mol. The van der Waals surface area contributed by atoms with E-state index in [1.165, 1.54) is 14.0 Å². The lowest BCUT2D eigenvalue weighted by Gasteiger charge is -2.26. The third kappa shape index (κ3) is 2.01. The van der Waals surface area contributed by atoms with Crippen molar-refractivity contribution in [3.05, 3.63) is 35.9 Å². The van der Waals surface area contributed by atoms with Crippen LogP contribution in [-0.2, 0) is 9.59 Å². The van der Waals surface area contributed by atoms with Gasteiger partial charge in [-0.1, -0.05) is 18.7 Å². The Balaban J connectivity index is 2.53. The average Bonchev–Trinajstić information content (AvgIpc) is 2.34. The minimum atomic E-state index is -0.502. The summed E-state index contributed by atoms with van der Waals surface area (Å²) in [6.45, 7) is 5.21. The molecule has 0 spiro atoms. The molecule has 4 nitrogen and oxygen atoms in total. The van der Waals surface area contributed by atoms with E-state index >= 15 is 0 Å². The summed E-state index contributed by atoms with van der Waals surface area (Å²) in [7, 11) is 1.51. The Labute approximate surface area is 105 Å². The number of hydrogen-bond donors (Lipinski definition) is 0. The smallest absolute Gasteiger partial charge is 0.339 e. The Morgan fingerprint density at radius 2 is 2.22 bits per heavy atom. The van der Waals surface area contributed by atoms with Gasteiger partial charge in [-0.2, -0.15) is 0 Å². The van der Waals surface area contributed by atoms with Crippen molar-refractivity contribution in [1.82, 2.24) is 0 Å². The van der Waals surface area contributed by atoms with Gasteiger partial charge in [0.2, 0.25) is 0 Å². The van der Waals surface area contributed by atoms with E-state index in [0.29, 0.717) is 17.1 Å². The number of carbonyl (C=O) groups excluding carboxylic acids is 2. The van der Waals surface area contributed by atoms with Crippen LogP contribution in [0.25, 0.3) is 0 Å². The van der Waals surface area contributed by atoms with Gasteiger partial charge in [-0.3, -0.25) is 4.79 Å². The molecule has 2 rings (SSSR count). The van der Waals surface area contributed by atoms with Crippen LogP contribution in [0.1, 0.15) is 24.8 Å². The molecule has 1 aliphatic rings. The Hall–Kier alpha value is -2.10. The summed E-state index contributed by atoms with van der Waals surface area (Å²) in [5, 5.41) is 0. The molecule has 18 heavy (non-hydrogen) atoms. The highest BCUT2D eigenvalue weighted by atomic mass is 16.6. The molecule has 1 aromatic rings. The zero-order valence-corrected chi connectivity index (χ0v) is 10.4. The lowest BCUT2D eigenvalue weighted by molar-refractivity contribution is -0.131. The highest BCUT2D eigenvalue weighted by Gasteiger charge is 2.33. The summed E-state index contributed by atoms with van der Waals surface area (Å²) < 4.78 is 10.4. The van der Waals surface area contributed by atoms with Crippen molar-refractivity contribution in [3.8, 4) is 11.5 Å². The van der Waals surface area contributed by atoms with E-state index in [-0.39, 0.29) is 18.1 Å². The third-order valence-corrected chi connectivity index (χ3v) is 2.97. The number of benzene rings is 1. The first-order valence-electron chi connectivity index (χ1n) is 5.62. The van der Waals surface area contributed by atoms with E-state index in [4.69, 9.17) is 9.47 Å². The summed E-state index contributed by atoms with van der Waals surface area (Å²) in [5.41, 5.74) is 1.08. The van der Waals surface area contributed by atoms with Gasteiger partial charge < -0.3 is 9.47 Å². The molecule has 0 N–H and O–H groups in total. The van der Waals surface area contributed by atoms with E-state index < -0.39 is 5.97 Å². The minimum Gasteiger partial charge on any atom is -0.493 e. The molecule has 0 fully saturated rings. The molecule has 0 aromatic heterocycles. The van der Waals surface area contributed by atoms with Crippen molar-refractivity contribution in [2.24, 2.45) is 0 Å². The summed E-state index contributed by atoms with van der Waals surface area (Å²) in [5.74, 6) is 0.0577. The van der Waals surface area contributed by atoms with Gasteiger partial charge in [0.05, 0.1) is 7.11 Å². The van der Waals surface area contributed by atoms with Gasteiger partial charge >= 0.3 is 5.97 Å². The molecule has 1 unspecified atom stereocenters. The maximum Gasteiger partial charge on any atom is 0.339 e. The number of hydrogen-bond acceptors (Lipinski definition) is 4. The molecule has 0 aliphatic carbocycles. The number of ketones is 1. The van der Waals surface area contributed by atoms with Gasteiger partial charge in [-0.25, -0.2) is 4.79 Å². The van der Waals surface area contributed by atoms with Crippen molar-refractivity contribution in [2.75, 3.05) is 7.11 Å². The molecule has 0 radical (unpaired) electrons. The number of fused-ring (bicyclic) bond motifs is 1. The Kier molecular flexibility index (Phi) is 3.19. The topological polar surface area (TPSA) is 52.6 Å². The third-order valence-electron chi connectivity index (χ3n) is 2.97. The predicted octanol–water partition coefficient (Wildman–Crippen LogP) is 2.23. The van der Waals surface area contributed by atoms with Crippen LogP contribution in [0, 0.1) is 0 Å². The highest BCUT2D eigenvalue weighted by molar-refractivity contribution is 5.95. The maximum atomic E-state index is 11.7. The van der Waals surface area contributed by atoms with Crippen LogP contribution < -0.4 is 9.47 Å². The van der Waals surface area contributed by atoms with Crippen LogP contribution in [0.4, 0.5) is 0 Å². The second-order valence-electron chi connectivity index (χ2n) is 4.25. The molecule has 0 saturated heterocycles. The number of carbonyl (C=O) groups is 2. The van der Waals surface area contributed by atoms with Gasteiger partial charge in [0.15, 0.2) is 11.5 Å². The number of esters is 1. The van der Waals surface area contributed by atoms with Crippen LogP contribution in [0.5, 0.6) is 11.5 Å². The molecule has 1 aliphatic heterocycles. The van der Waals surface area contributed by atoms with Gasteiger partial charge in [-0.15, -0.1) is 0 Å². The van der Waals surface area contributed by atoms with Gasteiger partial charge in [0.25, 0.3) is 0 Å². The number of methoxy groups -OCH3 is 1. The van der Waals surface area contributed by atoms with Crippen molar-refractivity contribution < 1.29 is 19.1 Å². The van der Waals surface area contributed by atoms with E-state index in [2.05, 4.69) is 6.58 Å². The lowest BCUT2D eigenvalue weighted by Crippen LogP contribution is -2.24. The molecule has 4 heteroatoms. The normalized spacial score (nSPS) is 18.0. The van der Waals surface area contributed by atoms with Crippen molar-refractivity contribution in [2.45, 2.75) is 19.3 Å². The quantitative estimate of drug-likeness (QED) is 0.466. The van der Waals surface area contributed by atoms with E-state index in [9.17, 15) is 9.59 Å². The van der Waals surface area contributed by atoms with Crippen LogP contribution in [0.2, 0.25) is 0 Å². The maximum absolute atomic E-state index is 11.7. The standard InChI is InChI=1S/C14H14O4/c1-8(15)7-11-9(2)14(16)18-13-10(11)5-4-6-12(13)17-3/h4-6,11H,2,7H2,1,3H3. The first-order valence-corrected chi connectivity index (χ1v) is 5.62. The Bertz CT molecular complexity index is 531. The summed E-state index contributed by atoms with van der Waals surface area (Å²) >= 11 is 0. The Morgan fingerprint density at radius 3 is 2.83 bits per heavy atom. The van der Waals surface area contributed by atoms with Crippen molar-refractivity contribution in [1.29, 1.82) is 0 Å². The molecular weight excluding hydrogens is 232 g/mol. The highest BCUT2D eigenvalue weighted by Crippen LogP contribution is 2.43. The second-order valence-corrected chi connectivity index (χ2v) is 4.25. The first kappa shape index (κ1) is 12.4. The largest absolute Gasteiger partial charge is 0.493 e. The molecule has 1 atom stereocenters. The second kappa shape index (κ2) is 4.64. The summed E-state index contributed by atoms with van der Waals surface area (Å²) in [6.07, 6.45) is 0.244. The average molecular weight is 246 g/mol. The number of para-hydroxylation sites is 1. The fourth-order valence-corrected chi connectivity index (χ4v) is 2.09. The molecule has 1 aromatic carbocycles. The van der Waals surface area contributed by atoms with Crippen molar-refractivity contribution >= 4 is 11.8 Å². The minimum absolute atomic E-state index is 0.00428. The van der Waals surface area contributed by atoms with E-state index in [1.54, 1.807) is 12.1 Å². The summed E-state index contributed by atoms with van der Waals surface area (Å²) in [6, 6.07) is 5.34. The van der Waals surface area contributed by atoms with Crippen molar-refractivity contribution in [3.63, 3.8) is 0 Å².